The van der Waals surface area contributed by atoms with Crippen LogP contribution in [0.5, 0.6) is 0 Å². The molecule has 1 aromatic carbocycles. The number of rotatable bonds is 6. The fourth-order valence-electron chi connectivity index (χ4n) is 3.49. The van der Waals surface area contributed by atoms with Gasteiger partial charge in [-0.1, -0.05) is 17.7 Å². The first-order valence-electron chi connectivity index (χ1n) is 9.20. The van der Waals surface area contributed by atoms with Gasteiger partial charge in [-0.15, -0.1) is 0 Å². The number of aromatic nitrogens is 6. The van der Waals surface area contributed by atoms with Crippen molar-refractivity contribution < 1.29 is 13.9 Å². The van der Waals surface area contributed by atoms with Gasteiger partial charge < -0.3 is 9.67 Å². The Kier molecular flexibility index (Phi) is 5.69. The zero-order chi connectivity index (χ0) is 22.2. The van der Waals surface area contributed by atoms with Crippen LogP contribution in [-0.2, 0) is 12.1 Å². The zero-order valence-electron chi connectivity index (χ0n) is 16.2. The topological polar surface area (TPSA) is 73.7 Å². The minimum Gasteiger partial charge on any atom is -0.381 e. The molecule has 0 saturated heterocycles. The van der Waals surface area contributed by atoms with E-state index in [4.69, 9.17) is 23.8 Å². The van der Waals surface area contributed by atoms with E-state index in [1.54, 1.807) is 40.7 Å². The van der Waals surface area contributed by atoms with Gasteiger partial charge in [-0.05, 0) is 31.3 Å². The summed E-state index contributed by atoms with van der Waals surface area (Å²) < 4.78 is 33.3. The lowest BCUT2D eigenvalue weighted by Crippen LogP contribution is -2.40. The number of hydrogen-bond donors (Lipinski definition) is 1. The highest BCUT2D eigenvalue weighted by Gasteiger charge is 2.40. The van der Waals surface area contributed by atoms with E-state index < -0.39 is 23.3 Å². The lowest BCUT2D eigenvalue weighted by atomic mass is 9.86. The Bertz CT molecular complexity index is 1270. The van der Waals surface area contributed by atoms with Crippen LogP contribution >= 0.6 is 23.8 Å². The second kappa shape index (κ2) is 8.29. The Labute approximate surface area is 186 Å². The maximum absolute atomic E-state index is 14.8. The Balaban J connectivity index is 1.81. The zero-order valence-corrected chi connectivity index (χ0v) is 17.8. The van der Waals surface area contributed by atoms with Crippen molar-refractivity contribution in [3.63, 3.8) is 0 Å². The number of halogens is 3. The summed E-state index contributed by atoms with van der Waals surface area (Å²) in [6.07, 6.45) is 9.17. The van der Waals surface area contributed by atoms with Crippen LogP contribution in [0, 0.1) is 16.4 Å². The predicted octanol–water partition coefficient (Wildman–Crippen LogP) is 4.08. The molecule has 4 aromatic rings. The van der Waals surface area contributed by atoms with Gasteiger partial charge in [0.2, 0.25) is 0 Å². The number of nitrogens with zero attached hydrogens (tertiary/aromatic N) is 6. The second-order valence-electron chi connectivity index (χ2n) is 7.04. The molecule has 3 aromatic heterocycles. The highest BCUT2D eigenvalue weighted by atomic mass is 35.5. The molecule has 0 aliphatic heterocycles. The summed E-state index contributed by atoms with van der Waals surface area (Å²) in [6, 6.07) is 3.98. The van der Waals surface area contributed by atoms with E-state index in [-0.39, 0.29) is 12.1 Å². The van der Waals surface area contributed by atoms with Crippen LogP contribution in [0.15, 0.2) is 61.7 Å². The van der Waals surface area contributed by atoms with Crippen LogP contribution in [0.3, 0.4) is 0 Å². The molecule has 0 radical (unpaired) electrons. The van der Waals surface area contributed by atoms with Gasteiger partial charge in [-0.25, -0.2) is 18.4 Å². The molecule has 2 atom stereocenters. The number of imidazole rings is 1. The highest BCUT2D eigenvalue weighted by Crippen LogP contribution is 2.37. The van der Waals surface area contributed by atoms with Crippen LogP contribution in [0.1, 0.15) is 18.5 Å². The third kappa shape index (κ3) is 4.01. The first-order valence-corrected chi connectivity index (χ1v) is 9.99. The summed E-state index contributed by atoms with van der Waals surface area (Å²) >= 11 is 11.6. The minimum atomic E-state index is -1.83. The third-order valence-corrected chi connectivity index (χ3v) is 5.76. The summed E-state index contributed by atoms with van der Waals surface area (Å²) in [6.45, 7) is 1.55. The standard InChI is InChI=1S/C20H17ClF2N6OS/c1-13(28-4-5-29(19(28)31)16-6-14(21)8-24-9-16)20(30,10-27-12-25-11-26-27)17-3-2-15(22)7-18(17)23/h2-9,11-13,30H,10H2,1H3/t13-,20-/m0/s1. The summed E-state index contributed by atoms with van der Waals surface area (Å²) in [4.78, 5) is 7.93. The van der Waals surface area contributed by atoms with Gasteiger partial charge in [-0.3, -0.25) is 9.55 Å². The Hall–Kier alpha value is -2.95. The lowest BCUT2D eigenvalue weighted by Gasteiger charge is -2.35. The van der Waals surface area contributed by atoms with Crippen molar-refractivity contribution in [2.75, 3.05) is 0 Å². The molecular weight excluding hydrogens is 446 g/mol. The van der Waals surface area contributed by atoms with Crippen molar-refractivity contribution in [1.82, 2.24) is 28.9 Å². The molecule has 1 N–H and O–H groups in total. The minimum absolute atomic E-state index is 0.0871. The highest BCUT2D eigenvalue weighted by molar-refractivity contribution is 7.71. The molecule has 0 bridgehead atoms. The van der Waals surface area contributed by atoms with Crippen molar-refractivity contribution >= 4 is 23.8 Å². The van der Waals surface area contributed by atoms with Gasteiger partial charge in [0, 0.05) is 30.2 Å². The van der Waals surface area contributed by atoms with E-state index in [9.17, 15) is 13.9 Å². The molecule has 0 unspecified atom stereocenters. The van der Waals surface area contributed by atoms with Crippen molar-refractivity contribution in [2.24, 2.45) is 0 Å². The smallest absolute Gasteiger partial charge is 0.184 e. The van der Waals surface area contributed by atoms with Crippen LogP contribution in [0.4, 0.5) is 8.78 Å². The Morgan fingerprint density at radius 1 is 1.19 bits per heavy atom. The van der Waals surface area contributed by atoms with Gasteiger partial charge in [-0.2, -0.15) is 5.10 Å². The fourth-order valence-corrected chi connectivity index (χ4v) is 4.04. The molecule has 0 spiro atoms. The third-order valence-electron chi connectivity index (χ3n) is 5.15. The van der Waals surface area contributed by atoms with Crippen molar-refractivity contribution in [2.45, 2.75) is 25.1 Å². The van der Waals surface area contributed by atoms with Gasteiger partial charge in [0.25, 0.3) is 0 Å². The number of pyridine rings is 1. The van der Waals surface area contributed by atoms with Crippen LogP contribution < -0.4 is 0 Å². The molecule has 0 amide bonds. The Morgan fingerprint density at radius 2 is 2.00 bits per heavy atom. The number of benzene rings is 1. The molecule has 0 aliphatic carbocycles. The largest absolute Gasteiger partial charge is 0.381 e. The molecule has 0 aliphatic rings. The van der Waals surface area contributed by atoms with Crippen LogP contribution in [0.2, 0.25) is 5.02 Å². The molecule has 31 heavy (non-hydrogen) atoms. The average Bonchev–Trinajstić information content (AvgIpc) is 3.36. The SMILES string of the molecule is C[C@H](n1ccn(-c2cncc(Cl)c2)c1=S)[C@@](O)(Cn1cncn1)c1ccc(F)cc1F. The summed E-state index contributed by atoms with van der Waals surface area (Å²) in [5, 5.41) is 16.2. The van der Waals surface area contributed by atoms with E-state index in [0.717, 1.165) is 12.1 Å². The molecule has 11 heteroatoms. The van der Waals surface area contributed by atoms with Gasteiger partial charge in [0.1, 0.15) is 29.9 Å². The maximum atomic E-state index is 14.8. The molecule has 0 saturated carbocycles. The number of aliphatic hydroxyl groups is 1. The average molecular weight is 463 g/mol. The maximum Gasteiger partial charge on any atom is 0.184 e. The van der Waals surface area contributed by atoms with E-state index in [1.165, 1.54) is 29.6 Å². The second-order valence-corrected chi connectivity index (χ2v) is 7.84. The molecule has 160 valence electrons. The lowest BCUT2D eigenvalue weighted by molar-refractivity contribution is -0.0336. The van der Waals surface area contributed by atoms with Crippen LogP contribution in [-0.4, -0.2) is 34.0 Å². The molecule has 0 fully saturated rings. The van der Waals surface area contributed by atoms with E-state index >= 15 is 0 Å². The van der Waals surface area contributed by atoms with Crippen LogP contribution in [0.25, 0.3) is 5.69 Å². The number of hydrogen-bond acceptors (Lipinski definition) is 5. The van der Waals surface area contributed by atoms with Crippen molar-refractivity contribution in [3.05, 3.63) is 88.7 Å². The molecule has 3 heterocycles. The fraction of sp³-hybridized carbons (Fsp3) is 0.200. The molecular formula is C20H17ClF2N6OS. The Morgan fingerprint density at radius 3 is 2.68 bits per heavy atom. The van der Waals surface area contributed by atoms with Crippen molar-refractivity contribution in [3.8, 4) is 5.69 Å². The van der Waals surface area contributed by atoms with Gasteiger partial charge in [0.15, 0.2) is 4.77 Å². The quantitative estimate of drug-likeness (QED) is 0.437. The summed E-state index contributed by atoms with van der Waals surface area (Å²) in [5.41, 5.74) is -1.28. The predicted molar refractivity (Wildman–Crippen MR) is 112 cm³/mol. The normalized spacial score (nSPS) is 14.4. The van der Waals surface area contributed by atoms with Gasteiger partial charge >= 0.3 is 0 Å². The monoisotopic (exact) mass is 462 g/mol. The first kappa shape index (κ1) is 21.3. The van der Waals surface area contributed by atoms with E-state index in [2.05, 4.69) is 15.1 Å². The molecule has 7 nitrogen and oxygen atoms in total. The molecule has 4 rings (SSSR count). The van der Waals surface area contributed by atoms with Crippen molar-refractivity contribution in [1.29, 1.82) is 0 Å². The van der Waals surface area contributed by atoms with E-state index in [1.807, 2.05) is 0 Å². The summed E-state index contributed by atoms with van der Waals surface area (Å²) in [5.74, 6) is -1.62. The van der Waals surface area contributed by atoms with Gasteiger partial charge in [0.05, 0.1) is 29.5 Å². The van der Waals surface area contributed by atoms with E-state index in [0.29, 0.717) is 15.5 Å². The summed E-state index contributed by atoms with van der Waals surface area (Å²) in [7, 11) is 0. The first-order chi connectivity index (χ1) is 14.8.